The largest absolute Gasteiger partial charge is 0.353 e. The van der Waals surface area contributed by atoms with Crippen LogP contribution < -0.4 is 10.0 Å². The van der Waals surface area contributed by atoms with Gasteiger partial charge < -0.3 is 5.32 Å². The van der Waals surface area contributed by atoms with E-state index >= 15 is 0 Å². The average Bonchev–Trinajstić information content (AvgIpc) is 2.67. The van der Waals surface area contributed by atoms with Crippen molar-refractivity contribution >= 4 is 54.7 Å². The van der Waals surface area contributed by atoms with Crippen molar-refractivity contribution in [2.24, 2.45) is 0 Å². The highest BCUT2D eigenvalue weighted by Crippen LogP contribution is 2.34. The Kier molecular flexibility index (Phi) is 4.47. The van der Waals surface area contributed by atoms with Gasteiger partial charge in [0.2, 0.25) is 10.0 Å². The lowest BCUT2D eigenvalue weighted by atomic mass is 10.1. The molecule has 0 aliphatic rings. The molecule has 0 saturated carbocycles. The zero-order valence-electron chi connectivity index (χ0n) is 15.2. The van der Waals surface area contributed by atoms with Crippen molar-refractivity contribution in [3.63, 3.8) is 0 Å². The molecule has 0 atom stereocenters. The van der Waals surface area contributed by atoms with Crippen LogP contribution in [-0.4, -0.2) is 29.6 Å². The Hall–Kier alpha value is -3.79. The molecule has 2 aromatic carbocycles. The van der Waals surface area contributed by atoms with E-state index in [9.17, 15) is 18.5 Å². The van der Waals surface area contributed by atoms with Gasteiger partial charge in [-0.1, -0.05) is 18.2 Å². The smallest absolute Gasteiger partial charge is 0.271 e. The first-order valence-electron chi connectivity index (χ1n) is 8.48. The Morgan fingerprint density at radius 2 is 1.76 bits per heavy atom. The van der Waals surface area contributed by atoms with E-state index in [1.54, 1.807) is 18.2 Å². The highest BCUT2D eigenvalue weighted by Gasteiger charge is 2.13. The van der Waals surface area contributed by atoms with Gasteiger partial charge >= 0.3 is 0 Å². The number of non-ortho nitro benzene ring substituents is 1. The summed E-state index contributed by atoms with van der Waals surface area (Å²) in [6, 6.07) is 15.2. The zero-order valence-corrected chi connectivity index (χ0v) is 16.0. The minimum absolute atomic E-state index is 0.0379. The van der Waals surface area contributed by atoms with Crippen LogP contribution >= 0.6 is 0 Å². The highest BCUT2D eigenvalue weighted by atomic mass is 32.2. The first kappa shape index (κ1) is 18.6. The van der Waals surface area contributed by atoms with E-state index in [0.29, 0.717) is 22.1 Å². The number of benzene rings is 2. The van der Waals surface area contributed by atoms with Gasteiger partial charge in [0.1, 0.15) is 5.82 Å². The first-order chi connectivity index (χ1) is 13.8. The minimum atomic E-state index is -3.41. The third kappa shape index (κ3) is 3.92. The molecule has 0 radical (unpaired) electrons. The molecule has 0 fully saturated rings. The predicted octanol–water partition coefficient (Wildman–Crippen LogP) is 3.81. The van der Waals surface area contributed by atoms with Crippen LogP contribution in [0.5, 0.6) is 0 Å². The molecule has 29 heavy (non-hydrogen) atoms. The van der Waals surface area contributed by atoms with E-state index in [4.69, 9.17) is 0 Å². The summed E-state index contributed by atoms with van der Waals surface area (Å²) in [7, 11) is -3.41. The Labute approximate surface area is 165 Å². The Bertz CT molecular complexity index is 1350. The van der Waals surface area contributed by atoms with E-state index in [0.717, 1.165) is 17.3 Å². The lowest BCUT2D eigenvalue weighted by Gasteiger charge is -2.13. The van der Waals surface area contributed by atoms with E-state index < -0.39 is 14.9 Å². The summed E-state index contributed by atoms with van der Waals surface area (Å²) in [6.07, 6.45) is 2.55. The van der Waals surface area contributed by atoms with Gasteiger partial charge in [-0.25, -0.2) is 18.4 Å². The van der Waals surface area contributed by atoms with E-state index in [2.05, 4.69) is 20.0 Å². The van der Waals surface area contributed by atoms with Crippen LogP contribution in [0.1, 0.15) is 0 Å². The van der Waals surface area contributed by atoms with Crippen LogP contribution in [0.25, 0.3) is 21.8 Å². The number of aromatic nitrogens is 2. The van der Waals surface area contributed by atoms with Crippen LogP contribution in [0.4, 0.5) is 22.9 Å². The lowest BCUT2D eigenvalue weighted by molar-refractivity contribution is -0.384. The van der Waals surface area contributed by atoms with Gasteiger partial charge in [-0.15, -0.1) is 0 Å². The second-order valence-electron chi connectivity index (χ2n) is 6.39. The van der Waals surface area contributed by atoms with Crippen LogP contribution in [0.2, 0.25) is 0 Å². The van der Waals surface area contributed by atoms with Crippen LogP contribution in [0, 0.1) is 10.1 Å². The molecule has 146 valence electrons. The summed E-state index contributed by atoms with van der Waals surface area (Å²) in [6.45, 7) is 0. The SMILES string of the molecule is CS(=O)(=O)Nc1ccc(Nc2c3ccccc3nc3cc([N+](=O)[O-])ccc23)cn1. The number of rotatable bonds is 5. The standard InChI is InChI=1S/C19H15N5O4S/c1-29(27,28)23-18-9-6-12(11-20-18)21-19-14-4-2-3-5-16(14)22-17-10-13(24(25)26)7-8-15(17)19/h2-11H,1H3,(H,20,23)(H,21,22). The number of fused-ring (bicyclic) bond motifs is 2. The van der Waals surface area contributed by atoms with Gasteiger partial charge in [-0.05, 0) is 24.3 Å². The number of nitrogens with zero attached hydrogens (tertiary/aromatic N) is 3. The number of nitrogens with one attached hydrogen (secondary N) is 2. The van der Waals surface area contributed by atoms with Gasteiger partial charge in [0.25, 0.3) is 5.69 Å². The molecule has 0 aliphatic heterocycles. The van der Waals surface area contributed by atoms with Crippen molar-refractivity contribution in [1.82, 2.24) is 9.97 Å². The fourth-order valence-electron chi connectivity index (χ4n) is 2.99. The number of sulfonamides is 1. The van der Waals surface area contributed by atoms with Crippen molar-refractivity contribution in [2.75, 3.05) is 16.3 Å². The number of pyridine rings is 2. The Balaban J connectivity index is 1.81. The number of nitro groups is 1. The monoisotopic (exact) mass is 409 g/mol. The molecular weight excluding hydrogens is 394 g/mol. The first-order valence-corrected chi connectivity index (χ1v) is 10.4. The molecule has 2 aromatic heterocycles. The van der Waals surface area contributed by atoms with Gasteiger partial charge in [-0.3, -0.25) is 14.8 Å². The summed E-state index contributed by atoms with van der Waals surface area (Å²) < 4.78 is 25.0. The fourth-order valence-corrected chi connectivity index (χ4v) is 3.49. The molecule has 9 nitrogen and oxygen atoms in total. The molecule has 0 unspecified atom stereocenters. The molecule has 0 spiro atoms. The molecular formula is C19H15N5O4S. The molecule has 10 heteroatoms. The van der Waals surface area contributed by atoms with Crippen molar-refractivity contribution in [3.05, 3.63) is 70.9 Å². The Morgan fingerprint density at radius 1 is 1.00 bits per heavy atom. The van der Waals surface area contributed by atoms with E-state index in [1.807, 2.05) is 24.3 Å². The lowest BCUT2D eigenvalue weighted by Crippen LogP contribution is -2.10. The van der Waals surface area contributed by atoms with Gasteiger partial charge in [-0.2, -0.15) is 0 Å². The molecule has 0 aliphatic carbocycles. The summed E-state index contributed by atoms with van der Waals surface area (Å²) in [5.74, 6) is 0.207. The van der Waals surface area contributed by atoms with Crippen molar-refractivity contribution in [3.8, 4) is 0 Å². The molecule has 4 rings (SSSR count). The quantitative estimate of drug-likeness (QED) is 0.291. The predicted molar refractivity (Wildman–Crippen MR) is 112 cm³/mol. The summed E-state index contributed by atoms with van der Waals surface area (Å²) in [4.78, 5) is 19.3. The summed E-state index contributed by atoms with van der Waals surface area (Å²) in [5.41, 5.74) is 2.49. The molecule has 4 aromatic rings. The number of nitro benzene ring substituents is 1. The normalized spacial score (nSPS) is 11.5. The number of para-hydroxylation sites is 1. The van der Waals surface area contributed by atoms with Crippen molar-refractivity contribution in [1.29, 1.82) is 0 Å². The highest BCUT2D eigenvalue weighted by molar-refractivity contribution is 7.92. The molecule has 2 N–H and O–H groups in total. The van der Waals surface area contributed by atoms with Crippen LogP contribution in [0.15, 0.2) is 60.8 Å². The average molecular weight is 409 g/mol. The van der Waals surface area contributed by atoms with Crippen LogP contribution in [0.3, 0.4) is 0 Å². The minimum Gasteiger partial charge on any atom is -0.353 e. The van der Waals surface area contributed by atoms with Crippen LogP contribution in [-0.2, 0) is 10.0 Å². The molecule has 0 saturated heterocycles. The Morgan fingerprint density at radius 3 is 2.45 bits per heavy atom. The van der Waals surface area contributed by atoms with Gasteiger partial charge in [0, 0.05) is 22.9 Å². The summed E-state index contributed by atoms with van der Waals surface area (Å²) >= 11 is 0. The zero-order chi connectivity index (χ0) is 20.6. The maximum Gasteiger partial charge on any atom is 0.271 e. The summed E-state index contributed by atoms with van der Waals surface area (Å²) in [5, 5.41) is 16.0. The van der Waals surface area contributed by atoms with Crippen molar-refractivity contribution in [2.45, 2.75) is 0 Å². The van der Waals surface area contributed by atoms with Crippen molar-refractivity contribution < 1.29 is 13.3 Å². The maximum absolute atomic E-state index is 11.3. The molecule has 0 bridgehead atoms. The van der Waals surface area contributed by atoms with Gasteiger partial charge in [0.15, 0.2) is 0 Å². The number of hydrogen-bond donors (Lipinski definition) is 2. The maximum atomic E-state index is 11.3. The fraction of sp³-hybridized carbons (Fsp3) is 0.0526. The third-order valence-corrected chi connectivity index (χ3v) is 4.78. The second kappa shape index (κ2) is 6.99. The molecule has 2 heterocycles. The topological polar surface area (TPSA) is 127 Å². The van der Waals surface area contributed by atoms with E-state index in [-0.39, 0.29) is 11.5 Å². The third-order valence-electron chi connectivity index (χ3n) is 4.20. The second-order valence-corrected chi connectivity index (χ2v) is 8.14. The van der Waals surface area contributed by atoms with Gasteiger partial charge in [0.05, 0.1) is 39.8 Å². The number of hydrogen-bond acceptors (Lipinski definition) is 7. The van der Waals surface area contributed by atoms with E-state index in [1.165, 1.54) is 18.3 Å². The number of anilines is 3. The molecule has 0 amide bonds.